The number of benzene rings is 1. The normalized spacial score (nSPS) is 9.20. The summed E-state index contributed by atoms with van der Waals surface area (Å²) in [6, 6.07) is 5.23. The number of hydrogen-bond acceptors (Lipinski definition) is 2. The lowest BCUT2D eigenvalue weighted by molar-refractivity contribution is 0.0696. The fraction of sp³-hybridized carbons (Fsp3) is 0.250. The van der Waals surface area contributed by atoms with E-state index in [1.54, 1.807) is 12.1 Å². The predicted octanol–water partition coefficient (Wildman–Crippen LogP) is 2.36. The minimum Gasteiger partial charge on any atom is -0.478 e. The Morgan fingerprint density at radius 3 is 2.87 bits per heavy atom. The predicted molar refractivity (Wildman–Crippen MR) is 63.5 cm³/mol. The van der Waals surface area contributed by atoms with Crippen LogP contribution in [0.3, 0.4) is 0 Å². The third kappa shape index (κ3) is 3.34. The third-order valence-corrected chi connectivity index (χ3v) is 2.09. The zero-order chi connectivity index (χ0) is 11.3. The van der Waals surface area contributed by atoms with Gasteiger partial charge >= 0.3 is 5.97 Å². The van der Waals surface area contributed by atoms with Gasteiger partial charge in [0.25, 0.3) is 0 Å². The smallest absolute Gasteiger partial charge is 0.336 e. The Bertz CT molecular complexity index is 427. The van der Waals surface area contributed by atoms with Crippen LogP contribution in [-0.4, -0.2) is 16.8 Å². The summed E-state index contributed by atoms with van der Waals surface area (Å²) >= 11 is 4.03. The van der Waals surface area contributed by atoms with Crippen molar-refractivity contribution in [2.24, 2.45) is 0 Å². The van der Waals surface area contributed by atoms with Crippen LogP contribution in [0.25, 0.3) is 0 Å². The Hall–Kier alpha value is -1.40. The first kappa shape index (κ1) is 11.7. The molecule has 0 unspecified atom stereocenters. The van der Waals surface area contributed by atoms with E-state index in [9.17, 15) is 4.79 Å². The highest BCUT2D eigenvalue weighted by Gasteiger charge is 2.07. The van der Waals surface area contributed by atoms with Crippen molar-refractivity contribution in [3.05, 3.63) is 34.9 Å². The molecule has 1 N–H and O–H groups in total. The minimum atomic E-state index is -0.936. The lowest BCUT2D eigenvalue weighted by atomic mass is 10.0. The molecule has 1 aromatic carbocycles. The summed E-state index contributed by atoms with van der Waals surface area (Å²) < 4.78 is 0. The maximum absolute atomic E-state index is 10.9. The lowest BCUT2D eigenvalue weighted by Gasteiger charge is -2.00. The fourth-order valence-electron chi connectivity index (χ4n) is 1.16. The molecule has 0 bridgehead atoms. The Morgan fingerprint density at radius 1 is 1.53 bits per heavy atom. The molecule has 2 nitrogen and oxygen atoms in total. The van der Waals surface area contributed by atoms with Gasteiger partial charge in [-0.2, -0.15) is 12.6 Å². The molecule has 1 rings (SSSR count). The van der Waals surface area contributed by atoms with Gasteiger partial charge in [-0.1, -0.05) is 23.5 Å². The molecule has 0 saturated carbocycles. The number of carbonyl (C=O) groups is 1. The molecular formula is C12H12O2S. The maximum atomic E-state index is 10.9. The summed E-state index contributed by atoms with van der Waals surface area (Å²) in [6.45, 7) is 1.86. The van der Waals surface area contributed by atoms with Crippen LogP contribution in [0.4, 0.5) is 0 Å². The van der Waals surface area contributed by atoms with Gasteiger partial charge in [-0.3, -0.25) is 0 Å². The summed E-state index contributed by atoms with van der Waals surface area (Å²) in [7, 11) is 0. The van der Waals surface area contributed by atoms with Gasteiger partial charge in [0.2, 0.25) is 0 Å². The van der Waals surface area contributed by atoms with E-state index in [2.05, 4.69) is 24.5 Å². The van der Waals surface area contributed by atoms with Crippen molar-refractivity contribution in [3.63, 3.8) is 0 Å². The van der Waals surface area contributed by atoms with E-state index in [1.807, 2.05) is 13.0 Å². The minimum absolute atomic E-state index is 0.265. The monoisotopic (exact) mass is 220 g/mol. The Kier molecular flexibility index (Phi) is 4.26. The second-order valence-corrected chi connectivity index (χ2v) is 3.58. The molecule has 0 atom stereocenters. The number of rotatable bonds is 2. The molecule has 0 saturated heterocycles. The van der Waals surface area contributed by atoms with Gasteiger partial charge in [0.1, 0.15) is 0 Å². The average Bonchev–Trinajstić information content (AvgIpc) is 2.20. The molecule has 3 heteroatoms. The molecule has 0 aliphatic carbocycles. The van der Waals surface area contributed by atoms with Crippen molar-refractivity contribution in [2.75, 3.05) is 5.75 Å². The van der Waals surface area contributed by atoms with Gasteiger partial charge < -0.3 is 5.11 Å². The van der Waals surface area contributed by atoms with E-state index in [0.717, 1.165) is 5.56 Å². The summed E-state index contributed by atoms with van der Waals surface area (Å²) in [4.78, 5) is 10.9. The molecule has 0 spiro atoms. The molecule has 0 aromatic heterocycles. The summed E-state index contributed by atoms with van der Waals surface area (Å²) in [5.74, 6) is 5.46. The van der Waals surface area contributed by atoms with E-state index < -0.39 is 5.97 Å². The van der Waals surface area contributed by atoms with Crippen molar-refractivity contribution in [1.29, 1.82) is 0 Å². The second kappa shape index (κ2) is 5.47. The maximum Gasteiger partial charge on any atom is 0.336 e. The number of thiol groups is 1. The number of aryl methyl sites for hydroxylation is 1. The first-order chi connectivity index (χ1) is 7.15. The lowest BCUT2D eigenvalue weighted by Crippen LogP contribution is -2.00. The molecule has 0 heterocycles. The Labute approximate surface area is 94.7 Å². The summed E-state index contributed by atoms with van der Waals surface area (Å²) in [6.07, 6.45) is 0.663. The van der Waals surface area contributed by atoms with Crippen LogP contribution in [0.5, 0.6) is 0 Å². The van der Waals surface area contributed by atoms with Crippen LogP contribution in [-0.2, 0) is 0 Å². The van der Waals surface area contributed by atoms with E-state index in [1.165, 1.54) is 0 Å². The summed E-state index contributed by atoms with van der Waals surface area (Å²) in [5.41, 5.74) is 1.75. The Balaban J connectivity index is 3.08. The highest BCUT2D eigenvalue weighted by atomic mass is 32.1. The molecule has 15 heavy (non-hydrogen) atoms. The SMILES string of the molecule is Cc1ccc(C#CCCS)c(C(=O)O)c1. The van der Waals surface area contributed by atoms with Crippen molar-refractivity contribution < 1.29 is 9.90 Å². The van der Waals surface area contributed by atoms with Gasteiger partial charge in [0.15, 0.2) is 0 Å². The topological polar surface area (TPSA) is 37.3 Å². The van der Waals surface area contributed by atoms with Gasteiger partial charge in [-0.15, -0.1) is 0 Å². The largest absolute Gasteiger partial charge is 0.478 e. The van der Waals surface area contributed by atoms with Crippen LogP contribution in [0.15, 0.2) is 18.2 Å². The summed E-state index contributed by atoms with van der Waals surface area (Å²) in [5, 5.41) is 8.96. The molecule has 0 amide bonds. The first-order valence-electron chi connectivity index (χ1n) is 4.59. The van der Waals surface area contributed by atoms with Crippen LogP contribution >= 0.6 is 12.6 Å². The molecule has 0 radical (unpaired) electrons. The number of carboxylic acid groups (broad SMARTS) is 1. The van der Waals surface area contributed by atoms with Gasteiger partial charge in [-0.05, 0) is 19.1 Å². The van der Waals surface area contributed by atoms with Crippen molar-refractivity contribution in [1.82, 2.24) is 0 Å². The quantitative estimate of drug-likeness (QED) is 0.593. The Morgan fingerprint density at radius 2 is 2.27 bits per heavy atom. The van der Waals surface area contributed by atoms with Crippen LogP contribution in [0.2, 0.25) is 0 Å². The third-order valence-electron chi connectivity index (χ3n) is 1.87. The standard InChI is InChI=1S/C12H12O2S/c1-9-5-6-10(4-2-3-7-15)11(8-9)12(13)14/h5-6,8,15H,3,7H2,1H3,(H,13,14). The van der Waals surface area contributed by atoms with E-state index >= 15 is 0 Å². The van der Waals surface area contributed by atoms with Crippen LogP contribution in [0, 0.1) is 18.8 Å². The van der Waals surface area contributed by atoms with E-state index in [0.29, 0.717) is 17.7 Å². The van der Waals surface area contributed by atoms with Crippen LogP contribution in [0.1, 0.15) is 27.9 Å². The molecule has 1 aromatic rings. The average molecular weight is 220 g/mol. The highest BCUT2D eigenvalue weighted by Crippen LogP contribution is 2.10. The van der Waals surface area contributed by atoms with Crippen molar-refractivity contribution >= 4 is 18.6 Å². The van der Waals surface area contributed by atoms with Gasteiger partial charge in [0, 0.05) is 17.7 Å². The zero-order valence-electron chi connectivity index (χ0n) is 8.45. The molecule has 0 fully saturated rings. The van der Waals surface area contributed by atoms with E-state index in [4.69, 9.17) is 5.11 Å². The molecule has 0 aliphatic heterocycles. The first-order valence-corrected chi connectivity index (χ1v) is 5.22. The van der Waals surface area contributed by atoms with Gasteiger partial charge in [-0.25, -0.2) is 4.79 Å². The number of aromatic carboxylic acids is 1. The van der Waals surface area contributed by atoms with Crippen molar-refractivity contribution in [3.8, 4) is 11.8 Å². The van der Waals surface area contributed by atoms with Crippen molar-refractivity contribution in [2.45, 2.75) is 13.3 Å². The zero-order valence-corrected chi connectivity index (χ0v) is 9.34. The van der Waals surface area contributed by atoms with E-state index in [-0.39, 0.29) is 5.56 Å². The van der Waals surface area contributed by atoms with Crippen LogP contribution < -0.4 is 0 Å². The van der Waals surface area contributed by atoms with Gasteiger partial charge in [0.05, 0.1) is 5.56 Å². The highest BCUT2D eigenvalue weighted by molar-refractivity contribution is 7.80. The molecule has 78 valence electrons. The number of hydrogen-bond donors (Lipinski definition) is 2. The molecule has 0 aliphatic rings. The fourth-order valence-corrected chi connectivity index (χ4v) is 1.27. The molecular weight excluding hydrogens is 208 g/mol. The second-order valence-electron chi connectivity index (χ2n) is 3.13. The number of carboxylic acids is 1.